The summed E-state index contributed by atoms with van der Waals surface area (Å²) < 4.78 is 9.77. The quantitative estimate of drug-likeness (QED) is 0.516. The Kier molecular flexibility index (Phi) is 7.25. The first kappa shape index (κ1) is 14.7. The Bertz CT molecular complexity index is 258. The van der Waals surface area contributed by atoms with Crippen LogP contribution in [0, 0.1) is 5.92 Å². The molecule has 0 radical (unpaired) electrons. The lowest BCUT2D eigenvalue weighted by atomic mass is 10.0. The van der Waals surface area contributed by atoms with Crippen LogP contribution in [0.15, 0.2) is 12.2 Å². The molecule has 0 heterocycles. The zero-order chi connectivity index (χ0) is 12.6. The van der Waals surface area contributed by atoms with Crippen molar-refractivity contribution in [2.24, 2.45) is 5.92 Å². The van der Waals surface area contributed by atoms with Gasteiger partial charge >= 0.3 is 11.9 Å². The molecule has 0 aliphatic rings. The van der Waals surface area contributed by atoms with E-state index in [9.17, 15) is 9.59 Å². The van der Waals surface area contributed by atoms with Crippen molar-refractivity contribution in [1.82, 2.24) is 0 Å². The van der Waals surface area contributed by atoms with Crippen LogP contribution in [0.5, 0.6) is 0 Å². The second-order valence-corrected chi connectivity index (χ2v) is 3.68. The summed E-state index contributed by atoms with van der Waals surface area (Å²) in [5.74, 6) is -0.446. The number of hydrogen-bond donors (Lipinski definition) is 0. The van der Waals surface area contributed by atoms with Crippen LogP contribution in [0.25, 0.3) is 0 Å². The summed E-state index contributed by atoms with van der Waals surface area (Å²) >= 11 is 0. The molecule has 0 rings (SSSR count). The van der Waals surface area contributed by atoms with E-state index >= 15 is 0 Å². The van der Waals surface area contributed by atoms with Crippen LogP contribution in [0.2, 0.25) is 0 Å². The summed E-state index contributed by atoms with van der Waals surface area (Å²) in [6.45, 7) is 7.32. The molecule has 0 aliphatic heterocycles. The minimum absolute atomic E-state index is 0.149. The highest BCUT2D eigenvalue weighted by molar-refractivity contribution is 5.81. The second-order valence-electron chi connectivity index (χ2n) is 3.68. The number of ether oxygens (including phenoxy) is 2. The van der Waals surface area contributed by atoms with E-state index in [1.165, 1.54) is 13.0 Å². The molecule has 0 saturated heterocycles. The van der Waals surface area contributed by atoms with Gasteiger partial charge in [0.2, 0.25) is 0 Å². The van der Waals surface area contributed by atoms with Crippen molar-refractivity contribution >= 4 is 11.9 Å². The minimum atomic E-state index is -0.338. The van der Waals surface area contributed by atoms with Crippen molar-refractivity contribution in [3.63, 3.8) is 0 Å². The summed E-state index contributed by atoms with van der Waals surface area (Å²) in [7, 11) is 0. The monoisotopic (exact) mass is 228 g/mol. The summed E-state index contributed by atoms with van der Waals surface area (Å²) in [6, 6.07) is 0. The molecular formula is C12H20O4. The lowest BCUT2D eigenvalue weighted by Gasteiger charge is -2.17. The standard InChI is InChI=1S/C12H20O4/c1-5-15-12(14)8-6-7-9(2)10(3)16-11(4)13/h6,8-10H,5,7H2,1-4H3. The number of allylic oxidation sites excluding steroid dienone is 1. The van der Waals surface area contributed by atoms with Gasteiger partial charge in [-0.2, -0.15) is 0 Å². The lowest BCUT2D eigenvalue weighted by Crippen LogP contribution is -2.20. The highest BCUT2D eigenvalue weighted by atomic mass is 16.5. The Balaban J connectivity index is 3.91. The van der Waals surface area contributed by atoms with Gasteiger partial charge in [-0.15, -0.1) is 0 Å². The van der Waals surface area contributed by atoms with E-state index < -0.39 is 0 Å². The number of carbonyl (C=O) groups is 2. The van der Waals surface area contributed by atoms with Gasteiger partial charge in [0.05, 0.1) is 6.61 Å². The first-order valence-corrected chi connectivity index (χ1v) is 5.47. The smallest absolute Gasteiger partial charge is 0.330 e. The Hall–Kier alpha value is -1.32. The average molecular weight is 228 g/mol. The molecular weight excluding hydrogens is 208 g/mol. The average Bonchev–Trinajstić information content (AvgIpc) is 2.16. The van der Waals surface area contributed by atoms with Crippen molar-refractivity contribution < 1.29 is 19.1 Å². The van der Waals surface area contributed by atoms with Gasteiger partial charge in [-0.05, 0) is 26.2 Å². The summed E-state index contributed by atoms with van der Waals surface area (Å²) in [4.78, 5) is 21.7. The molecule has 0 saturated carbocycles. The normalized spacial score (nSPS) is 14.5. The molecule has 0 bridgehead atoms. The highest BCUT2D eigenvalue weighted by Gasteiger charge is 2.13. The molecule has 0 spiro atoms. The maximum absolute atomic E-state index is 11.0. The summed E-state index contributed by atoms with van der Waals surface area (Å²) in [5, 5.41) is 0. The van der Waals surface area contributed by atoms with Gasteiger partial charge in [0, 0.05) is 13.0 Å². The Labute approximate surface area is 96.6 Å². The molecule has 0 fully saturated rings. The molecule has 2 atom stereocenters. The molecule has 0 N–H and O–H groups in total. The molecule has 2 unspecified atom stereocenters. The maximum atomic E-state index is 11.0. The van der Waals surface area contributed by atoms with Crippen LogP contribution >= 0.6 is 0 Å². The third-order valence-corrected chi connectivity index (χ3v) is 2.20. The van der Waals surface area contributed by atoms with Gasteiger partial charge in [-0.25, -0.2) is 4.79 Å². The van der Waals surface area contributed by atoms with E-state index in [4.69, 9.17) is 9.47 Å². The largest absolute Gasteiger partial charge is 0.463 e. The van der Waals surface area contributed by atoms with Crippen LogP contribution in [0.3, 0.4) is 0 Å². The van der Waals surface area contributed by atoms with Crippen LogP contribution in [-0.2, 0) is 19.1 Å². The van der Waals surface area contributed by atoms with Crippen molar-refractivity contribution in [1.29, 1.82) is 0 Å². The van der Waals surface area contributed by atoms with Gasteiger partial charge in [0.25, 0.3) is 0 Å². The number of hydrogen-bond acceptors (Lipinski definition) is 4. The van der Waals surface area contributed by atoms with Crippen molar-refractivity contribution in [2.75, 3.05) is 6.61 Å². The van der Waals surface area contributed by atoms with Crippen molar-refractivity contribution in [3.8, 4) is 0 Å². The fraction of sp³-hybridized carbons (Fsp3) is 0.667. The van der Waals surface area contributed by atoms with Crippen LogP contribution in [0.4, 0.5) is 0 Å². The second kappa shape index (κ2) is 7.91. The maximum Gasteiger partial charge on any atom is 0.330 e. The molecule has 0 aromatic rings. The summed E-state index contributed by atoms with van der Waals surface area (Å²) in [5.41, 5.74) is 0. The number of esters is 2. The zero-order valence-corrected chi connectivity index (χ0v) is 10.4. The van der Waals surface area contributed by atoms with Gasteiger partial charge in [0.1, 0.15) is 6.10 Å². The zero-order valence-electron chi connectivity index (χ0n) is 10.4. The van der Waals surface area contributed by atoms with E-state index in [2.05, 4.69) is 0 Å². The van der Waals surface area contributed by atoms with Gasteiger partial charge < -0.3 is 9.47 Å². The van der Waals surface area contributed by atoms with E-state index in [0.29, 0.717) is 13.0 Å². The number of rotatable bonds is 6. The third kappa shape index (κ3) is 7.04. The van der Waals surface area contributed by atoms with Crippen LogP contribution in [0.1, 0.15) is 34.1 Å². The topological polar surface area (TPSA) is 52.6 Å². The minimum Gasteiger partial charge on any atom is -0.463 e. The Morgan fingerprint density at radius 1 is 1.31 bits per heavy atom. The predicted molar refractivity (Wildman–Crippen MR) is 60.8 cm³/mol. The Morgan fingerprint density at radius 2 is 1.94 bits per heavy atom. The lowest BCUT2D eigenvalue weighted by molar-refractivity contribution is -0.147. The van der Waals surface area contributed by atoms with Crippen molar-refractivity contribution in [2.45, 2.75) is 40.2 Å². The van der Waals surface area contributed by atoms with E-state index in [1.807, 2.05) is 13.8 Å². The molecule has 0 amide bonds. The Morgan fingerprint density at radius 3 is 2.44 bits per heavy atom. The van der Waals surface area contributed by atoms with E-state index in [1.54, 1.807) is 13.0 Å². The van der Waals surface area contributed by atoms with Crippen LogP contribution in [-0.4, -0.2) is 24.6 Å². The molecule has 16 heavy (non-hydrogen) atoms. The summed E-state index contributed by atoms with van der Waals surface area (Å²) in [6.07, 6.45) is 3.67. The predicted octanol–water partition coefficient (Wildman–Crippen LogP) is 2.08. The fourth-order valence-electron chi connectivity index (χ4n) is 1.14. The first-order valence-electron chi connectivity index (χ1n) is 5.47. The van der Waals surface area contributed by atoms with Crippen molar-refractivity contribution in [3.05, 3.63) is 12.2 Å². The van der Waals surface area contributed by atoms with Gasteiger partial charge in [-0.3, -0.25) is 4.79 Å². The number of carbonyl (C=O) groups excluding carboxylic acids is 2. The van der Waals surface area contributed by atoms with Crippen LogP contribution < -0.4 is 0 Å². The van der Waals surface area contributed by atoms with E-state index in [0.717, 1.165) is 0 Å². The third-order valence-electron chi connectivity index (χ3n) is 2.20. The first-order chi connectivity index (χ1) is 7.47. The molecule has 4 heteroatoms. The SMILES string of the molecule is CCOC(=O)C=CCC(C)C(C)OC(C)=O. The molecule has 4 nitrogen and oxygen atoms in total. The van der Waals surface area contributed by atoms with E-state index in [-0.39, 0.29) is 24.0 Å². The molecule has 92 valence electrons. The van der Waals surface area contributed by atoms with Gasteiger partial charge in [-0.1, -0.05) is 13.0 Å². The molecule has 0 aromatic heterocycles. The highest BCUT2D eigenvalue weighted by Crippen LogP contribution is 2.12. The van der Waals surface area contributed by atoms with Gasteiger partial charge in [0.15, 0.2) is 0 Å². The molecule has 0 aliphatic carbocycles. The fourth-order valence-corrected chi connectivity index (χ4v) is 1.14. The molecule has 0 aromatic carbocycles.